The summed E-state index contributed by atoms with van der Waals surface area (Å²) >= 11 is 2.96. The fourth-order valence-electron chi connectivity index (χ4n) is 2.33. The Morgan fingerprint density at radius 3 is 2.21 bits per heavy atom. The highest BCUT2D eigenvalue weighted by molar-refractivity contribution is 9.10. The Bertz CT molecular complexity index is 1120. The number of halogens is 6. The molecule has 2 aromatic rings. The van der Waals surface area contributed by atoms with Gasteiger partial charge >= 0.3 is 10.2 Å². The summed E-state index contributed by atoms with van der Waals surface area (Å²) in [6, 6.07) is 2.73. The first-order chi connectivity index (χ1) is 12.9. The van der Waals surface area contributed by atoms with Crippen molar-refractivity contribution in [1.82, 2.24) is 5.32 Å². The molecule has 0 fully saturated rings. The molecule has 2 aromatic carbocycles. The first-order valence-electron chi connectivity index (χ1n) is 7.39. The average molecular weight is 526 g/mol. The summed E-state index contributed by atoms with van der Waals surface area (Å²) in [5.41, 5.74) is -2.27. The molecule has 14 heteroatoms. The molecule has 0 heterocycles. The number of phenols is 2. The maximum absolute atomic E-state index is 13.3. The minimum atomic E-state index is -10.3. The van der Waals surface area contributed by atoms with Gasteiger partial charge in [0.2, 0.25) is 0 Å². The molecule has 3 N–H and O–H groups in total. The molecule has 0 aliphatic carbocycles. The Labute approximate surface area is 170 Å². The van der Waals surface area contributed by atoms with Crippen molar-refractivity contribution in [3.05, 3.63) is 45.9 Å². The van der Waals surface area contributed by atoms with Crippen molar-refractivity contribution in [2.45, 2.75) is 15.5 Å². The second-order valence-corrected chi connectivity index (χ2v) is 11.2. The molecular formula is C15H13BrF5NO5S2. The Kier molecular flexibility index (Phi) is 5.18. The molecule has 0 aliphatic heterocycles. The normalized spacial score (nSPS) is 14.7. The van der Waals surface area contributed by atoms with Crippen LogP contribution >= 0.6 is 26.2 Å². The zero-order valence-electron chi connectivity index (χ0n) is 14.3. The van der Waals surface area contributed by atoms with E-state index in [-0.39, 0.29) is 16.6 Å². The van der Waals surface area contributed by atoms with Gasteiger partial charge < -0.3 is 15.5 Å². The van der Waals surface area contributed by atoms with Crippen LogP contribution in [0.2, 0.25) is 0 Å². The summed E-state index contributed by atoms with van der Waals surface area (Å²) in [4.78, 5) is 8.49. The van der Waals surface area contributed by atoms with E-state index < -0.39 is 64.1 Å². The largest absolute Gasteiger partial charge is 0.507 e. The number of aromatic hydroxyl groups is 2. The standard InChI is InChI=1S/C15H13BrF5NO5S2/c1-22-15(25)11-6-10(29(17,18,19,20)21)4-8(14(11)24)7-28(26,27)13-5-9(16)2-3-12(13)23/h2-6,23-24H,7H2,1H3,(H,22,25). The molecule has 29 heavy (non-hydrogen) atoms. The molecule has 1 amide bonds. The van der Waals surface area contributed by atoms with E-state index in [9.17, 15) is 42.9 Å². The number of carbonyl (C=O) groups excluding carboxylic acids is 1. The fraction of sp³-hybridized carbons (Fsp3) is 0.133. The monoisotopic (exact) mass is 525 g/mol. The molecule has 162 valence electrons. The molecule has 2 rings (SSSR count). The second kappa shape index (κ2) is 6.47. The van der Waals surface area contributed by atoms with Crippen molar-refractivity contribution in [2.75, 3.05) is 7.05 Å². The first-order valence-corrected chi connectivity index (χ1v) is 11.8. The van der Waals surface area contributed by atoms with Gasteiger partial charge in [-0.05, 0) is 30.3 Å². The van der Waals surface area contributed by atoms with Crippen molar-refractivity contribution in [3.8, 4) is 11.5 Å². The summed E-state index contributed by atoms with van der Waals surface area (Å²) in [6.07, 6.45) is 0. The number of carbonyl (C=O) groups is 1. The number of sulfone groups is 1. The second-order valence-electron chi connectivity index (χ2n) is 5.90. The Balaban J connectivity index is 2.75. The van der Waals surface area contributed by atoms with Gasteiger partial charge in [-0.15, -0.1) is 0 Å². The van der Waals surface area contributed by atoms with Gasteiger partial charge in [-0.2, -0.15) is 0 Å². The molecule has 0 atom stereocenters. The highest BCUT2D eigenvalue weighted by Gasteiger charge is 2.65. The molecule has 6 nitrogen and oxygen atoms in total. The summed E-state index contributed by atoms with van der Waals surface area (Å²) in [7, 11) is -14.0. The molecular weight excluding hydrogens is 513 g/mol. The highest BCUT2D eigenvalue weighted by atomic mass is 79.9. The zero-order valence-corrected chi connectivity index (χ0v) is 17.5. The quantitative estimate of drug-likeness (QED) is 0.484. The SMILES string of the molecule is CNC(=O)c1cc(S(F)(F)(F)(F)F)cc(CS(=O)(=O)c2cc(Br)ccc2O)c1O. The number of benzene rings is 2. The van der Waals surface area contributed by atoms with Crippen molar-refractivity contribution in [1.29, 1.82) is 0 Å². The molecule has 0 aromatic heterocycles. The van der Waals surface area contributed by atoms with E-state index in [2.05, 4.69) is 15.9 Å². The van der Waals surface area contributed by atoms with E-state index in [0.717, 1.165) is 19.2 Å². The lowest BCUT2D eigenvalue weighted by Gasteiger charge is -2.41. The molecule has 0 saturated carbocycles. The number of amides is 1. The van der Waals surface area contributed by atoms with E-state index >= 15 is 0 Å². The minimum absolute atomic E-state index is 0.199. The van der Waals surface area contributed by atoms with Crippen molar-refractivity contribution in [2.24, 2.45) is 0 Å². The van der Waals surface area contributed by atoms with Gasteiger partial charge in [0.25, 0.3) is 5.91 Å². The van der Waals surface area contributed by atoms with Crippen LogP contribution < -0.4 is 5.32 Å². The van der Waals surface area contributed by atoms with Crippen LogP contribution in [0.1, 0.15) is 15.9 Å². The van der Waals surface area contributed by atoms with Crippen LogP contribution in [0.5, 0.6) is 11.5 Å². The zero-order chi connectivity index (χ0) is 22.5. The van der Waals surface area contributed by atoms with Crippen molar-refractivity contribution >= 4 is 41.9 Å². The van der Waals surface area contributed by atoms with Crippen molar-refractivity contribution < 1.29 is 42.9 Å². The fourth-order valence-corrected chi connectivity index (χ4v) is 5.02. The maximum atomic E-state index is 13.3. The predicted octanol–water partition coefficient (Wildman–Crippen LogP) is 4.85. The summed E-state index contributed by atoms with van der Waals surface area (Å²) in [5.74, 6) is -4.69. The van der Waals surface area contributed by atoms with Gasteiger partial charge in [0.05, 0.1) is 11.3 Å². The van der Waals surface area contributed by atoms with Gasteiger partial charge in [0.1, 0.15) is 21.3 Å². The molecule has 0 radical (unpaired) electrons. The third-order valence-corrected chi connectivity index (χ3v) is 6.99. The van der Waals surface area contributed by atoms with E-state index in [1.165, 1.54) is 6.07 Å². The van der Waals surface area contributed by atoms with Gasteiger partial charge in [-0.25, -0.2) is 8.42 Å². The van der Waals surface area contributed by atoms with Crippen LogP contribution in [-0.2, 0) is 15.6 Å². The summed E-state index contributed by atoms with van der Waals surface area (Å²) < 4.78 is 91.6. The highest BCUT2D eigenvalue weighted by Crippen LogP contribution is 3.02. The number of rotatable bonds is 5. The molecule has 0 aliphatic rings. The summed E-state index contributed by atoms with van der Waals surface area (Å²) in [6.45, 7) is 0. The van der Waals surface area contributed by atoms with E-state index in [1.54, 1.807) is 0 Å². The third kappa shape index (κ3) is 5.11. The lowest BCUT2D eigenvalue weighted by molar-refractivity contribution is 0.0960. The van der Waals surface area contributed by atoms with Gasteiger partial charge in [0, 0.05) is 17.1 Å². The van der Waals surface area contributed by atoms with Crippen LogP contribution in [0, 0.1) is 0 Å². The van der Waals surface area contributed by atoms with Crippen molar-refractivity contribution in [3.63, 3.8) is 0 Å². The maximum Gasteiger partial charge on any atom is 0.310 e. The predicted molar refractivity (Wildman–Crippen MR) is 99.6 cm³/mol. The van der Waals surface area contributed by atoms with Gasteiger partial charge in [-0.1, -0.05) is 35.4 Å². The number of phenolic OH excluding ortho intramolecular Hbond substituents is 2. The first kappa shape index (κ1) is 23.2. The number of hydrogen-bond donors (Lipinski definition) is 3. The smallest absolute Gasteiger partial charge is 0.310 e. The minimum Gasteiger partial charge on any atom is -0.507 e. The van der Waals surface area contributed by atoms with Crippen LogP contribution in [-0.4, -0.2) is 31.6 Å². The van der Waals surface area contributed by atoms with E-state index in [1.807, 2.05) is 5.32 Å². The molecule has 0 bridgehead atoms. The van der Waals surface area contributed by atoms with Crippen LogP contribution in [0.25, 0.3) is 0 Å². The number of nitrogens with one attached hydrogen (secondary N) is 1. The molecule has 0 saturated heterocycles. The average Bonchev–Trinajstić information content (AvgIpc) is 2.55. The number of hydrogen-bond acceptors (Lipinski definition) is 5. The Hall–Kier alpha value is -2.06. The van der Waals surface area contributed by atoms with Crippen LogP contribution in [0.15, 0.2) is 44.6 Å². The lowest BCUT2D eigenvalue weighted by atomic mass is 10.1. The topological polar surface area (TPSA) is 104 Å². The Morgan fingerprint density at radius 1 is 1.10 bits per heavy atom. The Morgan fingerprint density at radius 2 is 1.69 bits per heavy atom. The van der Waals surface area contributed by atoms with E-state index in [0.29, 0.717) is 0 Å². The molecule has 0 spiro atoms. The van der Waals surface area contributed by atoms with Crippen LogP contribution in [0.4, 0.5) is 19.4 Å². The summed E-state index contributed by atoms with van der Waals surface area (Å²) in [5, 5.41) is 21.7. The lowest BCUT2D eigenvalue weighted by Crippen LogP contribution is -2.20. The third-order valence-electron chi connectivity index (χ3n) is 3.68. The van der Waals surface area contributed by atoms with E-state index in [4.69, 9.17) is 0 Å². The van der Waals surface area contributed by atoms with Crippen LogP contribution in [0.3, 0.4) is 0 Å². The molecule has 0 unspecified atom stereocenters. The van der Waals surface area contributed by atoms with Gasteiger partial charge in [-0.3, -0.25) is 4.79 Å². The van der Waals surface area contributed by atoms with Gasteiger partial charge in [0.15, 0.2) is 9.84 Å².